The van der Waals surface area contributed by atoms with E-state index in [0.29, 0.717) is 38.5 Å². The summed E-state index contributed by atoms with van der Waals surface area (Å²) in [5.41, 5.74) is 11.0. The number of pyridine rings is 1. The molecule has 7 nitrogen and oxygen atoms in total. The van der Waals surface area contributed by atoms with Crippen LogP contribution in [-0.4, -0.2) is 76.3 Å². The van der Waals surface area contributed by atoms with Gasteiger partial charge in [-0.2, -0.15) is 0 Å². The monoisotopic (exact) mass is 558 g/mol. The van der Waals surface area contributed by atoms with E-state index in [4.69, 9.17) is 22.3 Å². The van der Waals surface area contributed by atoms with Crippen LogP contribution in [0.4, 0.5) is 4.79 Å². The number of piperidine rings is 1. The van der Waals surface area contributed by atoms with E-state index in [9.17, 15) is 9.59 Å². The maximum absolute atomic E-state index is 13.1. The Morgan fingerprint density at radius 2 is 1.80 bits per heavy atom. The van der Waals surface area contributed by atoms with E-state index in [1.807, 2.05) is 23.2 Å². The van der Waals surface area contributed by atoms with Gasteiger partial charge in [0.2, 0.25) is 11.6 Å². The van der Waals surface area contributed by atoms with Crippen LogP contribution in [0.5, 0.6) is 0 Å². The number of halogens is 2. The summed E-state index contributed by atoms with van der Waals surface area (Å²) in [6, 6.07) is 7.92. The molecule has 0 atom stereocenters. The van der Waals surface area contributed by atoms with E-state index in [1.165, 1.54) is 11.1 Å². The van der Waals surface area contributed by atoms with E-state index < -0.39 is 0 Å². The second kappa shape index (κ2) is 10.3. The zero-order valence-corrected chi connectivity index (χ0v) is 22.0. The van der Waals surface area contributed by atoms with Crippen molar-refractivity contribution < 1.29 is 14.2 Å². The van der Waals surface area contributed by atoms with E-state index >= 15 is 0 Å². The first kappa shape index (κ1) is 24.3. The third kappa shape index (κ3) is 5.09. The molecule has 0 saturated carbocycles. The Hall–Kier alpha value is -2.45. The molecule has 2 N–H and O–H groups in total. The molecule has 9 heteroatoms. The number of nitrogens with two attached hydrogens (primary N) is 1. The number of amides is 3. The molecule has 1 aromatic heterocycles. The van der Waals surface area contributed by atoms with Crippen LogP contribution in [0.3, 0.4) is 0 Å². The van der Waals surface area contributed by atoms with Crippen molar-refractivity contribution in [2.45, 2.75) is 32.1 Å². The van der Waals surface area contributed by atoms with Crippen LogP contribution in [0, 0.1) is 5.92 Å². The number of piperazine rings is 1. The molecule has 3 heterocycles. The summed E-state index contributed by atoms with van der Waals surface area (Å²) in [5, 5.41) is 0.746. The third-order valence-electron chi connectivity index (χ3n) is 7.50. The summed E-state index contributed by atoms with van der Waals surface area (Å²) in [4.78, 5) is 32.9. The fraction of sp³-hybridized carbons (Fsp3) is 0.462. The van der Waals surface area contributed by atoms with Gasteiger partial charge in [-0.25, -0.2) is 14.4 Å². The van der Waals surface area contributed by atoms with Gasteiger partial charge in [0, 0.05) is 30.2 Å². The molecule has 2 saturated heterocycles. The summed E-state index contributed by atoms with van der Waals surface area (Å²) < 4.78 is 3.33. The molecule has 0 unspecified atom stereocenters. The fourth-order valence-corrected chi connectivity index (χ4v) is 6.20. The number of hydrogen-bond donors (Lipinski definition) is 1. The first-order chi connectivity index (χ1) is 16.9. The lowest BCUT2D eigenvalue weighted by Crippen LogP contribution is -2.48. The Morgan fingerprint density at radius 1 is 1.09 bits per heavy atom. The van der Waals surface area contributed by atoms with Crippen LogP contribution >= 0.6 is 27.5 Å². The molecule has 2 aromatic rings. The Kier molecular flexibility index (Phi) is 7.12. The van der Waals surface area contributed by atoms with Gasteiger partial charge in [0.05, 0.1) is 23.7 Å². The normalized spacial score (nSPS) is 18.7. The van der Waals surface area contributed by atoms with Crippen molar-refractivity contribution in [1.82, 2.24) is 14.8 Å². The third-order valence-corrected chi connectivity index (χ3v) is 8.24. The molecule has 1 aromatic carbocycles. The van der Waals surface area contributed by atoms with E-state index in [0.717, 1.165) is 65.2 Å². The lowest BCUT2D eigenvalue weighted by Gasteiger charge is -2.32. The lowest BCUT2D eigenvalue weighted by atomic mass is 9.93. The minimum absolute atomic E-state index is 0.203. The highest BCUT2D eigenvalue weighted by Crippen LogP contribution is 2.31. The predicted octanol–water partition coefficient (Wildman–Crippen LogP) is 3.47. The van der Waals surface area contributed by atoms with Gasteiger partial charge in [0.1, 0.15) is 5.69 Å². The van der Waals surface area contributed by atoms with Crippen LogP contribution in [-0.2, 0) is 17.6 Å². The van der Waals surface area contributed by atoms with Crippen molar-refractivity contribution in [2.75, 3.05) is 39.3 Å². The Morgan fingerprint density at radius 3 is 2.51 bits per heavy atom. The number of carbonyl (C=O) groups is 2. The van der Waals surface area contributed by atoms with Crippen LogP contribution in [0.15, 0.2) is 34.9 Å². The average molecular weight is 560 g/mol. The molecule has 3 amide bonds. The van der Waals surface area contributed by atoms with Crippen molar-refractivity contribution in [1.29, 1.82) is 0 Å². The van der Waals surface area contributed by atoms with Gasteiger partial charge in [0.25, 0.3) is 0 Å². The molecule has 2 fully saturated rings. The molecular weight excluding hydrogens is 530 g/mol. The number of benzene rings is 1. The van der Waals surface area contributed by atoms with Gasteiger partial charge in [-0.3, -0.25) is 4.79 Å². The lowest BCUT2D eigenvalue weighted by molar-refractivity contribution is -0.537. The molecule has 0 radical (unpaired) electrons. The van der Waals surface area contributed by atoms with Crippen molar-refractivity contribution in [2.24, 2.45) is 11.7 Å². The maximum atomic E-state index is 13.1. The standard InChI is InChI=1S/C26H29BrClN5O2/c27-20-15-19-5-4-18-2-1-3-21(28)23(18)25(24(19)30-16-20)32-12-10-31(11-13-32)22(34)14-17-6-8-33(9-7-17)26(29)35/h1-3,15-17H,4-14H2,(H-,29,35)/p+1. The summed E-state index contributed by atoms with van der Waals surface area (Å²) in [5.74, 6) is 0.515. The smallest absolute Gasteiger partial charge is 0.314 e. The molecule has 1 aliphatic carbocycles. The minimum atomic E-state index is -0.369. The van der Waals surface area contributed by atoms with Gasteiger partial charge in [-0.1, -0.05) is 23.7 Å². The molecule has 0 bridgehead atoms. The van der Waals surface area contributed by atoms with Crippen molar-refractivity contribution in [3.05, 3.63) is 62.3 Å². The number of urea groups is 1. The van der Waals surface area contributed by atoms with Gasteiger partial charge in [-0.15, -0.1) is 0 Å². The summed E-state index contributed by atoms with van der Waals surface area (Å²) in [6.45, 7) is 4.11. The minimum Gasteiger partial charge on any atom is -0.351 e. The number of rotatable bonds is 2. The number of hydrogen-bond acceptors (Lipinski definition) is 3. The quantitative estimate of drug-likeness (QED) is 0.572. The number of primary amides is 1. The predicted molar refractivity (Wildman–Crippen MR) is 139 cm³/mol. The van der Waals surface area contributed by atoms with Crippen LogP contribution in [0.1, 0.15) is 41.6 Å². The average Bonchev–Trinajstić information content (AvgIpc) is 3.02. The number of carbonyl (C=O) groups excluding carboxylic acids is 2. The zero-order chi connectivity index (χ0) is 24.5. The summed E-state index contributed by atoms with van der Waals surface area (Å²) >= 11 is 10.3. The molecule has 35 heavy (non-hydrogen) atoms. The SMILES string of the molecule is NC(=O)N1CCC(CC(=O)N2CC[N+](=C3c4ncc(Br)cc4CCc4cccc(Cl)c43)CC2)CC1. The fourth-order valence-electron chi connectivity index (χ4n) is 5.54. The van der Waals surface area contributed by atoms with Crippen LogP contribution in [0.25, 0.3) is 0 Å². The van der Waals surface area contributed by atoms with Gasteiger partial charge < -0.3 is 15.5 Å². The highest BCUT2D eigenvalue weighted by atomic mass is 79.9. The summed E-state index contributed by atoms with van der Waals surface area (Å²) in [7, 11) is 0. The maximum Gasteiger partial charge on any atom is 0.314 e. The Balaban J connectivity index is 1.35. The Bertz CT molecular complexity index is 1180. The number of fused-ring (bicyclic) bond motifs is 2. The highest BCUT2D eigenvalue weighted by Gasteiger charge is 2.34. The highest BCUT2D eigenvalue weighted by molar-refractivity contribution is 9.10. The van der Waals surface area contributed by atoms with Crippen LogP contribution < -0.4 is 5.73 Å². The van der Waals surface area contributed by atoms with Crippen molar-refractivity contribution in [3.8, 4) is 0 Å². The van der Waals surface area contributed by atoms with Crippen molar-refractivity contribution >= 4 is 45.2 Å². The van der Waals surface area contributed by atoms with Crippen molar-refractivity contribution in [3.63, 3.8) is 0 Å². The topological polar surface area (TPSA) is 82.5 Å². The van der Waals surface area contributed by atoms with Gasteiger partial charge in [-0.05, 0) is 70.8 Å². The number of aromatic nitrogens is 1. The molecule has 0 spiro atoms. The molecule has 2 aliphatic heterocycles. The Labute approximate surface area is 219 Å². The number of aryl methyl sites for hydroxylation is 2. The van der Waals surface area contributed by atoms with E-state index in [-0.39, 0.29) is 11.9 Å². The number of likely N-dealkylation sites (tertiary alicyclic amines) is 1. The molecule has 3 aliphatic rings. The van der Waals surface area contributed by atoms with E-state index in [1.54, 1.807) is 4.90 Å². The molecule has 184 valence electrons. The molecule has 5 rings (SSSR count). The molecular formula is C26H30BrClN5O2+. The first-order valence-corrected chi connectivity index (χ1v) is 13.4. The largest absolute Gasteiger partial charge is 0.351 e. The number of nitrogens with zero attached hydrogens (tertiary/aromatic N) is 4. The second-order valence-corrected chi connectivity index (χ2v) is 10.9. The van der Waals surface area contributed by atoms with Gasteiger partial charge >= 0.3 is 6.03 Å². The summed E-state index contributed by atoms with van der Waals surface area (Å²) in [6.07, 6.45) is 5.88. The first-order valence-electron chi connectivity index (χ1n) is 12.3. The second-order valence-electron chi connectivity index (χ2n) is 9.62. The zero-order valence-electron chi connectivity index (χ0n) is 19.7. The van der Waals surface area contributed by atoms with E-state index in [2.05, 4.69) is 32.6 Å². The van der Waals surface area contributed by atoms with Crippen LogP contribution in [0.2, 0.25) is 5.02 Å². The van der Waals surface area contributed by atoms with Gasteiger partial charge in [0.15, 0.2) is 13.1 Å².